The summed E-state index contributed by atoms with van der Waals surface area (Å²) in [6.07, 6.45) is 1.73. The Morgan fingerprint density at radius 3 is 2.42 bits per heavy atom. The van der Waals surface area contributed by atoms with Gasteiger partial charge in [-0.05, 0) is 41.8 Å². The number of esters is 1. The number of benzene rings is 3. The molecule has 1 aliphatic rings. The molecule has 1 unspecified atom stereocenters. The summed E-state index contributed by atoms with van der Waals surface area (Å²) < 4.78 is 16.8. The van der Waals surface area contributed by atoms with Crippen molar-refractivity contribution in [1.82, 2.24) is 4.90 Å². The molecule has 1 atom stereocenters. The van der Waals surface area contributed by atoms with Crippen molar-refractivity contribution in [1.29, 1.82) is 0 Å². The topological polar surface area (TPSA) is 65.1 Å². The van der Waals surface area contributed by atoms with Crippen LogP contribution in [0.2, 0.25) is 0 Å². The number of thiocarbonyl (C=S) groups is 1. The van der Waals surface area contributed by atoms with E-state index in [2.05, 4.69) is 0 Å². The summed E-state index contributed by atoms with van der Waals surface area (Å²) in [4.78, 5) is 27.7. The third kappa shape index (κ3) is 5.61. The van der Waals surface area contributed by atoms with E-state index in [0.717, 1.165) is 22.9 Å². The van der Waals surface area contributed by atoms with Crippen LogP contribution in [0.25, 0.3) is 6.08 Å². The first kappa shape index (κ1) is 25.5. The molecule has 1 heterocycles. The fourth-order valence-corrected chi connectivity index (χ4v) is 5.04. The minimum atomic E-state index is -0.957. The maximum Gasteiger partial charge on any atom is 0.333 e. The number of rotatable bonds is 8. The van der Waals surface area contributed by atoms with Crippen LogP contribution in [-0.2, 0) is 20.9 Å². The molecule has 36 heavy (non-hydrogen) atoms. The Bertz CT molecular complexity index is 1310. The van der Waals surface area contributed by atoms with E-state index in [1.807, 2.05) is 43.3 Å². The molecule has 6 nitrogen and oxygen atoms in total. The molecule has 8 heteroatoms. The van der Waals surface area contributed by atoms with E-state index in [0.29, 0.717) is 28.6 Å². The number of carbonyl (C=O) groups excluding carboxylic acids is 2. The Kier molecular flexibility index (Phi) is 8.07. The van der Waals surface area contributed by atoms with Crippen molar-refractivity contribution in [2.75, 3.05) is 14.2 Å². The molecule has 0 N–H and O–H groups in total. The van der Waals surface area contributed by atoms with E-state index in [1.165, 1.54) is 17.6 Å². The van der Waals surface area contributed by atoms with Gasteiger partial charge in [0.1, 0.15) is 10.9 Å². The van der Waals surface area contributed by atoms with Crippen LogP contribution in [0.4, 0.5) is 0 Å². The zero-order chi connectivity index (χ0) is 25.7. The fraction of sp³-hybridized carbons (Fsp3) is 0.179. The van der Waals surface area contributed by atoms with E-state index >= 15 is 0 Å². The highest BCUT2D eigenvalue weighted by Crippen LogP contribution is 2.39. The van der Waals surface area contributed by atoms with Crippen LogP contribution in [-0.4, -0.2) is 35.3 Å². The molecule has 1 amide bonds. The molecule has 184 valence electrons. The number of aryl methyl sites for hydroxylation is 1. The van der Waals surface area contributed by atoms with Gasteiger partial charge in [-0.1, -0.05) is 90.2 Å². The summed E-state index contributed by atoms with van der Waals surface area (Å²) >= 11 is 6.63. The van der Waals surface area contributed by atoms with E-state index < -0.39 is 12.0 Å². The maximum absolute atomic E-state index is 13.3. The van der Waals surface area contributed by atoms with Crippen LogP contribution < -0.4 is 9.47 Å². The summed E-state index contributed by atoms with van der Waals surface area (Å²) in [5.74, 6) is 0.221. The van der Waals surface area contributed by atoms with Gasteiger partial charge in [-0.2, -0.15) is 0 Å². The van der Waals surface area contributed by atoms with Gasteiger partial charge in [0.05, 0.1) is 19.1 Å². The predicted octanol–water partition coefficient (Wildman–Crippen LogP) is 5.70. The van der Waals surface area contributed by atoms with Gasteiger partial charge in [-0.3, -0.25) is 9.69 Å². The standard InChI is InChI=1S/C28H25NO5S2/c1-18-9-11-19(12-10-18)17-34-22-14-13-20(15-23(22)32-2)16-24-26(30)29(28(35)36-24)25(27(31)33-3)21-7-5-4-6-8-21/h4-16,25H,17H2,1-3H3/b24-16-. The number of hydrogen-bond acceptors (Lipinski definition) is 7. The summed E-state index contributed by atoms with van der Waals surface area (Å²) in [6, 6.07) is 21.6. The van der Waals surface area contributed by atoms with Crippen molar-refractivity contribution in [3.8, 4) is 11.5 Å². The molecule has 1 saturated heterocycles. The Balaban J connectivity index is 1.56. The van der Waals surface area contributed by atoms with E-state index in [-0.39, 0.29) is 10.2 Å². The Morgan fingerprint density at radius 1 is 1.03 bits per heavy atom. The van der Waals surface area contributed by atoms with Gasteiger partial charge in [0, 0.05) is 0 Å². The summed E-state index contributed by atoms with van der Waals surface area (Å²) in [7, 11) is 2.86. The number of methoxy groups -OCH3 is 2. The highest BCUT2D eigenvalue weighted by molar-refractivity contribution is 8.26. The van der Waals surface area contributed by atoms with Gasteiger partial charge in [0.2, 0.25) is 0 Å². The summed E-state index contributed by atoms with van der Waals surface area (Å²) in [5.41, 5.74) is 3.60. The Labute approximate surface area is 219 Å². The lowest BCUT2D eigenvalue weighted by Crippen LogP contribution is -2.37. The molecule has 0 aromatic heterocycles. The van der Waals surface area contributed by atoms with Gasteiger partial charge in [-0.25, -0.2) is 4.79 Å². The molecule has 3 aromatic rings. The first-order valence-electron chi connectivity index (χ1n) is 11.2. The summed E-state index contributed by atoms with van der Waals surface area (Å²) in [5, 5.41) is 0. The Morgan fingerprint density at radius 2 is 1.75 bits per heavy atom. The SMILES string of the molecule is COC(=O)C(c1ccccc1)N1C(=O)/C(=C/c2ccc(OCc3ccc(C)cc3)c(OC)c2)SC1=S. The van der Waals surface area contributed by atoms with Crippen LogP contribution in [0.3, 0.4) is 0 Å². The first-order chi connectivity index (χ1) is 17.4. The smallest absolute Gasteiger partial charge is 0.333 e. The first-order valence-corrected chi connectivity index (χ1v) is 12.4. The molecule has 1 aliphatic heterocycles. The molecule has 0 bridgehead atoms. The van der Waals surface area contributed by atoms with Crippen LogP contribution >= 0.6 is 24.0 Å². The lowest BCUT2D eigenvalue weighted by molar-refractivity contribution is -0.148. The van der Waals surface area contributed by atoms with Crippen LogP contribution in [0.1, 0.15) is 28.3 Å². The van der Waals surface area contributed by atoms with Crippen LogP contribution in [0.5, 0.6) is 11.5 Å². The predicted molar refractivity (Wildman–Crippen MR) is 145 cm³/mol. The van der Waals surface area contributed by atoms with Crippen molar-refractivity contribution < 1.29 is 23.8 Å². The minimum absolute atomic E-state index is 0.288. The molecule has 0 saturated carbocycles. The number of amides is 1. The maximum atomic E-state index is 13.3. The van der Waals surface area contributed by atoms with Crippen molar-refractivity contribution in [3.63, 3.8) is 0 Å². The minimum Gasteiger partial charge on any atom is -0.493 e. The second kappa shape index (κ2) is 11.4. The highest BCUT2D eigenvalue weighted by atomic mass is 32.2. The lowest BCUT2D eigenvalue weighted by Gasteiger charge is -2.24. The monoisotopic (exact) mass is 519 g/mol. The second-order valence-corrected chi connectivity index (χ2v) is 9.75. The van der Waals surface area contributed by atoms with E-state index in [1.54, 1.807) is 49.6 Å². The largest absolute Gasteiger partial charge is 0.493 e. The number of carbonyl (C=O) groups is 2. The average Bonchev–Trinajstić information content (AvgIpc) is 3.17. The number of thioether (sulfide) groups is 1. The molecule has 1 fully saturated rings. The van der Waals surface area contributed by atoms with Crippen LogP contribution in [0.15, 0.2) is 77.7 Å². The van der Waals surface area contributed by atoms with E-state index in [4.69, 9.17) is 26.4 Å². The Hall–Kier alpha value is -3.62. The quantitative estimate of drug-likeness (QED) is 0.215. The number of nitrogens with zero attached hydrogens (tertiary/aromatic N) is 1. The van der Waals surface area contributed by atoms with Gasteiger partial charge >= 0.3 is 5.97 Å². The number of ether oxygens (including phenoxy) is 3. The molecular formula is C28H25NO5S2. The molecule has 0 radical (unpaired) electrons. The van der Waals surface area contributed by atoms with Gasteiger partial charge < -0.3 is 14.2 Å². The van der Waals surface area contributed by atoms with Crippen LogP contribution in [0, 0.1) is 6.92 Å². The zero-order valence-corrected chi connectivity index (χ0v) is 21.7. The average molecular weight is 520 g/mol. The van der Waals surface area contributed by atoms with Gasteiger partial charge in [-0.15, -0.1) is 0 Å². The molecule has 0 aliphatic carbocycles. The van der Waals surface area contributed by atoms with E-state index in [9.17, 15) is 9.59 Å². The van der Waals surface area contributed by atoms with Gasteiger partial charge in [0.15, 0.2) is 17.5 Å². The number of hydrogen-bond donors (Lipinski definition) is 0. The molecular weight excluding hydrogens is 494 g/mol. The summed E-state index contributed by atoms with van der Waals surface area (Å²) in [6.45, 7) is 2.44. The van der Waals surface area contributed by atoms with Crippen molar-refractivity contribution in [2.24, 2.45) is 0 Å². The molecule has 0 spiro atoms. The van der Waals surface area contributed by atoms with Crippen molar-refractivity contribution in [3.05, 3.63) is 100.0 Å². The highest BCUT2D eigenvalue weighted by Gasteiger charge is 2.41. The zero-order valence-electron chi connectivity index (χ0n) is 20.1. The molecule has 4 rings (SSSR count). The third-order valence-corrected chi connectivity index (χ3v) is 6.95. The van der Waals surface area contributed by atoms with Crippen molar-refractivity contribution >= 4 is 46.3 Å². The second-order valence-electron chi connectivity index (χ2n) is 8.07. The normalized spacial score (nSPS) is 15.2. The van der Waals surface area contributed by atoms with Gasteiger partial charge in [0.25, 0.3) is 5.91 Å². The fourth-order valence-electron chi connectivity index (χ4n) is 3.73. The van der Waals surface area contributed by atoms with Crippen molar-refractivity contribution in [2.45, 2.75) is 19.6 Å². The lowest BCUT2D eigenvalue weighted by atomic mass is 10.1. The third-order valence-electron chi connectivity index (χ3n) is 5.62. The molecule has 3 aromatic carbocycles.